The lowest BCUT2D eigenvalue weighted by Crippen LogP contribution is -2.46. The van der Waals surface area contributed by atoms with Gasteiger partial charge in [-0.1, -0.05) is 57.2 Å². The molecule has 2 aromatic carbocycles. The average molecular weight is 813 g/mol. The van der Waals surface area contributed by atoms with Gasteiger partial charge in [0.05, 0.1) is 33.5 Å². The third-order valence-corrected chi connectivity index (χ3v) is 13.9. The molecule has 3 saturated heterocycles. The van der Waals surface area contributed by atoms with Crippen molar-refractivity contribution < 1.29 is 64.2 Å². The third-order valence-electron chi connectivity index (χ3n) is 9.74. The first kappa shape index (κ1) is 43.7. The van der Waals surface area contributed by atoms with E-state index in [1.807, 2.05) is 32.9 Å². The van der Waals surface area contributed by atoms with Gasteiger partial charge in [0, 0.05) is 5.92 Å². The Balaban J connectivity index is 1.75. The zero-order valence-corrected chi connectivity index (χ0v) is 35.3. The van der Waals surface area contributed by atoms with Crippen LogP contribution in [0.1, 0.15) is 97.1 Å². The number of hydrogen-bond acceptors (Lipinski definition) is 14. The minimum atomic E-state index is -4.90. The molecule has 3 fully saturated rings. The molecule has 55 heavy (non-hydrogen) atoms. The summed E-state index contributed by atoms with van der Waals surface area (Å²) in [4.78, 5) is 14.3. The first-order valence-corrected chi connectivity index (χ1v) is 21.8. The van der Waals surface area contributed by atoms with Crippen molar-refractivity contribution in [2.45, 2.75) is 134 Å². The summed E-state index contributed by atoms with van der Waals surface area (Å²) in [5, 5.41) is -1.70. The summed E-state index contributed by atoms with van der Waals surface area (Å²) < 4.78 is 105. The van der Waals surface area contributed by atoms with Crippen LogP contribution in [0.4, 0.5) is 0 Å². The van der Waals surface area contributed by atoms with Gasteiger partial charge < -0.3 is 42.2 Å². The van der Waals surface area contributed by atoms with Crippen LogP contribution >= 0.6 is 7.60 Å². The van der Waals surface area contributed by atoms with E-state index in [0.717, 1.165) is 5.56 Å². The summed E-state index contributed by atoms with van der Waals surface area (Å²) in [6.07, 6.45) is -5.04. The number of fused-ring (bicyclic) bond motifs is 1. The normalized spacial score (nSPS) is 26.6. The van der Waals surface area contributed by atoms with Crippen LogP contribution in [0.5, 0.6) is 5.75 Å². The van der Waals surface area contributed by atoms with Crippen molar-refractivity contribution in [2.75, 3.05) is 33.5 Å². The van der Waals surface area contributed by atoms with Crippen LogP contribution in [0.25, 0.3) is 0 Å². The zero-order valence-electron chi connectivity index (χ0n) is 33.6. The lowest BCUT2D eigenvalue weighted by Gasteiger charge is -2.37. The van der Waals surface area contributed by atoms with Crippen molar-refractivity contribution in [3.05, 3.63) is 65.2 Å². The third kappa shape index (κ3) is 9.65. The van der Waals surface area contributed by atoms with Gasteiger partial charge in [0.15, 0.2) is 23.5 Å². The fourth-order valence-corrected chi connectivity index (χ4v) is 11.5. The molecule has 0 aliphatic carbocycles. The predicted octanol–water partition coefficient (Wildman–Crippen LogP) is 6.76. The molecule has 308 valence electrons. The van der Waals surface area contributed by atoms with Crippen LogP contribution in [0.2, 0.25) is 0 Å². The lowest BCUT2D eigenvalue weighted by atomic mass is 9.84. The number of carbonyl (C=O) groups is 1. The van der Waals surface area contributed by atoms with E-state index in [2.05, 4.69) is 0 Å². The van der Waals surface area contributed by atoms with Gasteiger partial charge in [-0.05, 0) is 82.7 Å². The number of esters is 1. The largest absolute Gasteiger partial charge is 0.497 e. The van der Waals surface area contributed by atoms with Crippen molar-refractivity contribution >= 4 is 23.7 Å². The highest BCUT2D eigenvalue weighted by Crippen LogP contribution is 2.61. The molecular weight excluding hydrogens is 755 g/mol. The van der Waals surface area contributed by atoms with Gasteiger partial charge in [0.25, 0.3) is 10.1 Å². The first-order chi connectivity index (χ1) is 25.7. The highest BCUT2D eigenvalue weighted by molar-refractivity contribution is 7.87. The second kappa shape index (κ2) is 16.8. The Morgan fingerprint density at radius 2 is 1.45 bits per heavy atom. The van der Waals surface area contributed by atoms with Crippen LogP contribution < -0.4 is 4.74 Å². The Kier molecular flexibility index (Phi) is 13.4. The zero-order chi connectivity index (χ0) is 40.6. The second-order valence-electron chi connectivity index (χ2n) is 15.7. The minimum Gasteiger partial charge on any atom is -0.497 e. The molecule has 3 aliphatic rings. The maximum Gasteiger partial charge on any atom is 0.345 e. The van der Waals surface area contributed by atoms with Crippen LogP contribution in [0.3, 0.4) is 0 Å². The fourth-order valence-electron chi connectivity index (χ4n) is 7.34. The van der Waals surface area contributed by atoms with E-state index >= 15 is 8.42 Å². The molecule has 0 spiro atoms. The van der Waals surface area contributed by atoms with Gasteiger partial charge in [0.1, 0.15) is 35.4 Å². The first-order valence-electron chi connectivity index (χ1n) is 18.7. The van der Waals surface area contributed by atoms with Gasteiger partial charge >= 0.3 is 13.6 Å². The molecular formula is C39H57O14PS. The van der Waals surface area contributed by atoms with Gasteiger partial charge in [-0.15, -0.1) is 0 Å². The average Bonchev–Trinajstić information content (AvgIpc) is 3.72. The molecule has 0 saturated carbocycles. The Morgan fingerprint density at radius 3 is 1.96 bits per heavy atom. The van der Waals surface area contributed by atoms with E-state index in [4.69, 9.17) is 46.4 Å². The van der Waals surface area contributed by atoms with Gasteiger partial charge in [0.2, 0.25) is 0 Å². The standard InChI is InChI=1S/C39H57O14PS/c1-12-45-35(40)33(54(41,47-13-2)48-14-3)29(24-17-21-27(44-11)22-18-24)34(25-15-19-26(20-16-25)37(4,5)6)55(42,43)53-31-30(28-23-46-38(7,8)50-28)49-36-32(31)51-39(9,10)52-36/h15-22,28-34,36H,12-14,23H2,1-11H3/t28-,29-,30-,31-,32-,33+,34-,36-/m1/s1. The van der Waals surface area contributed by atoms with Crippen molar-refractivity contribution in [3.8, 4) is 5.75 Å². The molecule has 0 aromatic heterocycles. The Bertz CT molecular complexity index is 1760. The van der Waals surface area contributed by atoms with Crippen molar-refractivity contribution in [1.82, 2.24) is 0 Å². The second-order valence-corrected chi connectivity index (χ2v) is 19.5. The molecule has 0 radical (unpaired) electrons. The van der Waals surface area contributed by atoms with E-state index < -0.39 is 82.8 Å². The molecule has 2 aromatic rings. The summed E-state index contributed by atoms with van der Waals surface area (Å²) in [5.74, 6) is -4.05. The monoisotopic (exact) mass is 812 g/mol. The quantitative estimate of drug-likeness (QED) is 0.0994. The summed E-state index contributed by atoms with van der Waals surface area (Å²) in [7, 11) is -7.89. The highest BCUT2D eigenvalue weighted by atomic mass is 32.2. The smallest absolute Gasteiger partial charge is 0.345 e. The molecule has 14 nitrogen and oxygen atoms in total. The number of ether oxygens (including phenoxy) is 7. The minimum absolute atomic E-state index is 0.0867. The predicted molar refractivity (Wildman–Crippen MR) is 202 cm³/mol. The van der Waals surface area contributed by atoms with Crippen LogP contribution in [0, 0.1) is 0 Å². The van der Waals surface area contributed by atoms with Crippen LogP contribution in [-0.2, 0) is 66.5 Å². The number of hydrogen-bond donors (Lipinski definition) is 0. The van der Waals surface area contributed by atoms with Crippen molar-refractivity contribution in [2.24, 2.45) is 0 Å². The number of carbonyl (C=O) groups excluding carboxylic acids is 1. The maximum atomic E-state index is 15.5. The molecule has 3 aliphatic heterocycles. The molecule has 0 N–H and O–H groups in total. The number of methoxy groups -OCH3 is 1. The maximum absolute atomic E-state index is 15.5. The van der Waals surface area contributed by atoms with E-state index in [-0.39, 0.29) is 37.4 Å². The van der Waals surface area contributed by atoms with E-state index in [1.54, 1.807) is 84.9 Å². The lowest BCUT2D eigenvalue weighted by molar-refractivity contribution is -0.230. The number of rotatable bonds is 16. The molecule has 16 heteroatoms. The summed E-state index contributed by atoms with van der Waals surface area (Å²) >= 11 is 0. The van der Waals surface area contributed by atoms with Crippen LogP contribution in [-0.4, -0.2) is 95.9 Å². The molecule has 0 bridgehead atoms. The summed E-state index contributed by atoms with van der Waals surface area (Å²) in [6.45, 7) is 17.6. The van der Waals surface area contributed by atoms with Gasteiger partial charge in [-0.3, -0.25) is 13.5 Å². The number of benzene rings is 2. The fraction of sp³-hybridized carbons (Fsp3) is 0.667. The molecule has 8 atom stereocenters. The highest BCUT2D eigenvalue weighted by Gasteiger charge is 2.62. The Hall–Kier alpha value is -2.43. The molecule has 0 amide bonds. The van der Waals surface area contributed by atoms with E-state index in [0.29, 0.717) is 11.3 Å². The van der Waals surface area contributed by atoms with Crippen molar-refractivity contribution in [1.29, 1.82) is 0 Å². The Morgan fingerprint density at radius 1 is 0.855 bits per heavy atom. The van der Waals surface area contributed by atoms with E-state index in [1.165, 1.54) is 7.11 Å². The topological polar surface area (TPSA) is 161 Å². The van der Waals surface area contributed by atoms with Gasteiger partial charge in [-0.2, -0.15) is 8.42 Å². The summed E-state index contributed by atoms with van der Waals surface area (Å²) in [5.41, 5.74) is -0.563. The Labute approximate surface area is 325 Å². The molecule has 0 unspecified atom stereocenters. The molecule has 5 rings (SSSR count). The van der Waals surface area contributed by atoms with E-state index in [9.17, 15) is 9.36 Å². The summed E-state index contributed by atoms with van der Waals surface area (Å²) in [6, 6.07) is 13.5. The molecule has 3 heterocycles. The SMILES string of the molecule is CCOC(=O)[C@H]([C@@H](c1ccc(OC)cc1)[C@@H](c1ccc(C(C)(C)C)cc1)S(=O)(=O)O[C@H]1[C@H]2OC(C)(C)O[C@H]2O[C@@H]1[C@H]1COC(C)(C)O1)P(=O)(OCC)OCC. The van der Waals surface area contributed by atoms with Crippen LogP contribution in [0.15, 0.2) is 48.5 Å². The van der Waals surface area contributed by atoms with Crippen molar-refractivity contribution in [3.63, 3.8) is 0 Å². The van der Waals surface area contributed by atoms with Gasteiger partial charge in [-0.25, -0.2) is 0 Å².